The highest BCUT2D eigenvalue weighted by atomic mass is 14.4. The van der Waals surface area contributed by atoms with Gasteiger partial charge in [-0.1, -0.05) is 164 Å². The quantitative estimate of drug-likeness (QED) is 0.0345. The molecular weight excluding hydrogens is 661 g/mol. The SMILES string of the molecule is C#C.C=C.C=CC1=C=C(CCC)C2=C=C(C=CCC2)C1CCC(=C)CCCCCC(C)CCC(C(/C=C\CC)=C/C)(C(/C=C\CC)=C/CC)c1ccccc1. The second-order valence-corrected chi connectivity index (χ2v) is 14.8. The molecule has 0 radical (unpaired) electrons. The predicted octanol–water partition coefficient (Wildman–Crippen LogP) is 16.8. The number of hydrogen-bond acceptors (Lipinski definition) is 0. The lowest BCUT2D eigenvalue weighted by Gasteiger charge is -2.39. The summed E-state index contributed by atoms with van der Waals surface area (Å²) in [5.74, 6) is 0.985. The molecule has 1 aromatic rings. The molecule has 0 heteroatoms. The molecule has 0 spiro atoms. The smallest absolute Gasteiger partial charge is 0.0444 e. The van der Waals surface area contributed by atoms with Gasteiger partial charge in [0.15, 0.2) is 0 Å². The summed E-state index contributed by atoms with van der Waals surface area (Å²) in [6.45, 7) is 28.4. The maximum atomic E-state index is 4.54. The summed E-state index contributed by atoms with van der Waals surface area (Å²) in [5.41, 5.74) is 18.4. The molecule has 55 heavy (non-hydrogen) atoms. The van der Waals surface area contributed by atoms with Gasteiger partial charge in [0.2, 0.25) is 0 Å². The molecule has 0 aromatic heterocycles. The molecule has 2 aliphatic carbocycles. The first-order valence-corrected chi connectivity index (χ1v) is 21.4. The van der Waals surface area contributed by atoms with Gasteiger partial charge in [-0.05, 0) is 107 Å². The molecule has 0 saturated heterocycles. The Morgan fingerprint density at radius 1 is 0.909 bits per heavy atom. The van der Waals surface area contributed by atoms with Gasteiger partial charge in [-0.15, -0.1) is 37.5 Å². The summed E-state index contributed by atoms with van der Waals surface area (Å²) in [7, 11) is 0. The zero-order chi connectivity index (χ0) is 40.9. The standard InChI is InChI=1S/C51H70.C2H4.C2H2/c1-9-15-31-47(14-6)51(49-33-21-18-22-34-49,48(26-12-4)32-16-10-2)38-37-42(8)28-20-17-19-27-41(7)35-36-50-43(13-5)39-44(25-11-3)45-29-23-24-30-46(50)40-45;2*1-2/h13-16,18,21-22,24,26,30-34,42,50H,5,7,9-12,17,19-20,23,25,27-29,35-38H2,1-4,6,8H3;1-2H2;1-2H/b31-15-,32-16-,47-14+,48-26+;;. The van der Waals surface area contributed by atoms with E-state index < -0.39 is 0 Å². The van der Waals surface area contributed by atoms with Gasteiger partial charge >= 0.3 is 0 Å². The second-order valence-electron chi connectivity index (χ2n) is 14.8. The third-order valence-corrected chi connectivity index (χ3v) is 10.9. The molecule has 3 atom stereocenters. The Kier molecular flexibility index (Phi) is 25.8. The van der Waals surface area contributed by atoms with E-state index in [0.29, 0.717) is 11.8 Å². The van der Waals surface area contributed by atoms with Crippen molar-refractivity contribution in [3.05, 3.63) is 167 Å². The van der Waals surface area contributed by atoms with E-state index in [1.54, 1.807) is 0 Å². The van der Waals surface area contributed by atoms with Crippen LogP contribution in [0.1, 0.15) is 150 Å². The van der Waals surface area contributed by atoms with Gasteiger partial charge in [0.1, 0.15) is 0 Å². The third kappa shape index (κ3) is 15.4. The van der Waals surface area contributed by atoms with Crippen molar-refractivity contribution in [2.24, 2.45) is 11.8 Å². The number of terminal acetylenes is 1. The lowest BCUT2D eigenvalue weighted by atomic mass is 9.64. The lowest BCUT2D eigenvalue weighted by molar-refractivity contribution is 0.404. The van der Waals surface area contributed by atoms with E-state index in [1.165, 1.54) is 76.7 Å². The molecule has 2 aliphatic rings. The largest absolute Gasteiger partial charge is 0.124 e. The minimum Gasteiger partial charge on any atom is -0.124 e. The Labute approximate surface area is 340 Å². The number of hydrogen-bond donors (Lipinski definition) is 0. The van der Waals surface area contributed by atoms with Gasteiger partial charge in [-0.25, -0.2) is 0 Å². The van der Waals surface area contributed by atoms with E-state index >= 15 is 0 Å². The van der Waals surface area contributed by atoms with Gasteiger partial charge in [0.05, 0.1) is 0 Å². The van der Waals surface area contributed by atoms with E-state index in [-0.39, 0.29) is 5.41 Å². The van der Waals surface area contributed by atoms with Gasteiger partial charge in [-0.2, -0.15) is 0 Å². The highest BCUT2D eigenvalue weighted by molar-refractivity contribution is 5.54. The molecule has 2 bridgehead atoms. The first-order valence-electron chi connectivity index (χ1n) is 21.4. The van der Waals surface area contributed by atoms with Crippen molar-refractivity contribution in [2.45, 2.75) is 150 Å². The molecule has 0 heterocycles. The summed E-state index contributed by atoms with van der Waals surface area (Å²) < 4.78 is 0. The fourth-order valence-electron chi connectivity index (χ4n) is 7.98. The lowest BCUT2D eigenvalue weighted by Crippen LogP contribution is -2.31. The van der Waals surface area contributed by atoms with Crippen LogP contribution in [-0.4, -0.2) is 0 Å². The van der Waals surface area contributed by atoms with Gasteiger partial charge in [0.25, 0.3) is 0 Å². The Hall–Kier alpha value is -4.26. The Bertz CT molecular complexity index is 1610. The highest BCUT2D eigenvalue weighted by Crippen LogP contribution is 2.46. The molecule has 0 N–H and O–H groups in total. The monoisotopic (exact) mass is 737 g/mol. The molecule has 3 unspecified atom stereocenters. The fourth-order valence-corrected chi connectivity index (χ4v) is 7.98. The van der Waals surface area contributed by atoms with Crippen LogP contribution in [0.15, 0.2) is 162 Å². The van der Waals surface area contributed by atoms with Crippen LogP contribution in [0.2, 0.25) is 0 Å². The third-order valence-electron chi connectivity index (χ3n) is 10.9. The molecule has 0 nitrogen and oxygen atoms in total. The molecule has 1 aromatic carbocycles. The van der Waals surface area contributed by atoms with Crippen LogP contribution in [0, 0.1) is 24.7 Å². The van der Waals surface area contributed by atoms with E-state index in [0.717, 1.165) is 70.6 Å². The van der Waals surface area contributed by atoms with E-state index in [2.05, 4.69) is 171 Å². The molecule has 3 rings (SSSR count). The summed E-state index contributed by atoms with van der Waals surface area (Å²) in [6.07, 6.45) is 47.2. The fraction of sp³-hybridized carbons (Fsp3) is 0.455. The zero-order valence-electron chi connectivity index (χ0n) is 36.0. The normalized spacial score (nSPS) is 17.2. The molecule has 0 amide bonds. The molecule has 296 valence electrons. The number of unbranched alkanes of at least 4 members (excludes halogenated alkanes) is 2. The topological polar surface area (TPSA) is 0 Å². The predicted molar refractivity (Wildman–Crippen MR) is 248 cm³/mol. The van der Waals surface area contributed by atoms with Crippen LogP contribution < -0.4 is 0 Å². The second kappa shape index (κ2) is 29.1. The van der Waals surface area contributed by atoms with Crippen molar-refractivity contribution in [3.63, 3.8) is 0 Å². The Morgan fingerprint density at radius 2 is 1.60 bits per heavy atom. The Balaban J connectivity index is 0.00000365. The molecule has 0 aliphatic heterocycles. The summed E-state index contributed by atoms with van der Waals surface area (Å²) in [6, 6.07) is 11.3. The van der Waals surface area contributed by atoms with Gasteiger partial charge in [0, 0.05) is 33.6 Å². The van der Waals surface area contributed by atoms with E-state index in [9.17, 15) is 0 Å². The summed E-state index contributed by atoms with van der Waals surface area (Å²) in [5, 5.41) is 0. The minimum atomic E-state index is -0.152. The highest BCUT2D eigenvalue weighted by Gasteiger charge is 2.37. The summed E-state index contributed by atoms with van der Waals surface area (Å²) in [4.78, 5) is 0. The van der Waals surface area contributed by atoms with Crippen molar-refractivity contribution >= 4 is 0 Å². The van der Waals surface area contributed by atoms with Crippen LogP contribution in [0.25, 0.3) is 0 Å². The molecule has 0 fully saturated rings. The molecule has 0 saturated carbocycles. The van der Waals surface area contributed by atoms with Crippen LogP contribution >= 0.6 is 0 Å². The van der Waals surface area contributed by atoms with Crippen molar-refractivity contribution in [3.8, 4) is 12.8 Å². The average Bonchev–Trinajstić information content (AvgIpc) is 3.55. The minimum absolute atomic E-state index is 0.152. The van der Waals surface area contributed by atoms with Crippen LogP contribution in [-0.2, 0) is 5.41 Å². The number of allylic oxidation sites excluding steroid dienone is 14. The van der Waals surface area contributed by atoms with Gasteiger partial charge < -0.3 is 0 Å². The van der Waals surface area contributed by atoms with Crippen LogP contribution in [0.5, 0.6) is 0 Å². The average molecular weight is 737 g/mol. The summed E-state index contributed by atoms with van der Waals surface area (Å²) >= 11 is 0. The van der Waals surface area contributed by atoms with Gasteiger partial charge in [-0.3, -0.25) is 0 Å². The number of rotatable bonds is 23. The first-order chi connectivity index (χ1) is 26.9. The van der Waals surface area contributed by atoms with Crippen LogP contribution in [0.4, 0.5) is 0 Å². The van der Waals surface area contributed by atoms with Crippen molar-refractivity contribution < 1.29 is 0 Å². The Morgan fingerprint density at radius 3 is 2.22 bits per heavy atom. The molecular formula is C55H76. The van der Waals surface area contributed by atoms with Crippen LogP contribution in [0.3, 0.4) is 0 Å². The zero-order valence-corrected chi connectivity index (χ0v) is 36.0. The van der Waals surface area contributed by atoms with E-state index in [4.69, 9.17) is 0 Å². The van der Waals surface area contributed by atoms with Crippen molar-refractivity contribution in [1.29, 1.82) is 0 Å². The first kappa shape index (κ1) is 48.8. The maximum Gasteiger partial charge on any atom is 0.0444 e. The van der Waals surface area contributed by atoms with E-state index in [1.807, 2.05) is 6.08 Å². The van der Waals surface area contributed by atoms with Crippen molar-refractivity contribution in [1.82, 2.24) is 0 Å². The maximum absolute atomic E-state index is 4.54. The number of benzene rings is 1. The van der Waals surface area contributed by atoms with Crippen molar-refractivity contribution in [2.75, 3.05) is 0 Å².